The number of nitrogens with one attached hydrogen (secondary N) is 1. The van der Waals surface area contributed by atoms with Gasteiger partial charge < -0.3 is 4.74 Å². The van der Waals surface area contributed by atoms with Gasteiger partial charge in [-0.3, -0.25) is 9.69 Å². The highest BCUT2D eigenvalue weighted by molar-refractivity contribution is 7.89. The van der Waals surface area contributed by atoms with E-state index in [4.69, 9.17) is 4.74 Å². The maximum Gasteiger partial charge on any atom is 0.240 e. The monoisotopic (exact) mass is 326 g/mol. The van der Waals surface area contributed by atoms with Crippen LogP contribution in [0.4, 0.5) is 0 Å². The zero-order valence-electron chi connectivity index (χ0n) is 12.9. The Bertz CT molecular complexity index is 607. The van der Waals surface area contributed by atoms with Crippen LogP contribution in [-0.2, 0) is 14.8 Å². The van der Waals surface area contributed by atoms with E-state index in [1.807, 2.05) is 6.92 Å². The topological polar surface area (TPSA) is 75.7 Å². The lowest BCUT2D eigenvalue weighted by Crippen LogP contribution is -2.47. The lowest BCUT2D eigenvalue weighted by Gasteiger charge is -2.32. The molecule has 0 radical (unpaired) electrons. The van der Waals surface area contributed by atoms with E-state index in [1.165, 1.54) is 31.2 Å². The number of rotatable bonds is 6. The second-order valence-electron chi connectivity index (χ2n) is 5.43. The minimum atomic E-state index is -3.56. The van der Waals surface area contributed by atoms with Crippen LogP contribution in [0.5, 0.6) is 0 Å². The van der Waals surface area contributed by atoms with Gasteiger partial charge in [-0.05, 0) is 26.0 Å². The van der Waals surface area contributed by atoms with Crippen molar-refractivity contribution >= 4 is 15.8 Å². The van der Waals surface area contributed by atoms with Gasteiger partial charge in [0.1, 0.15) is 0 Å². The van der Waals surface area contributed by atoms with Crippen molar-refractivity contribution in [1.82, 2.24) is 9.62 Å². The van der Waals surface area contributed by atoms with E-state index in [-0.39, 0.29) is 16.7 Å². The van der Waals surface area contributed by atoms with E-state index in [2.05, 4.69) is 9.62 Å². The lowest BCUT2D eigenvalue weighted by atomic mass is 10.2. The standard InChI is InChI=1S/C15H22N2O4S/c1-12(17-7-9-21-10-8-17)11-16-22(19,20)15-5-3-14(4-6-15)13(2)18/h3-6,12,16H,7-11H2,1-2H3. The Morgan fingerprint density at radius 1 is 1.27 bits per heavy atom. The van der Waals surface area contributed by atoms with Crippen molar-refractivity contribution in [2.24, 2.45) is 0 Å². The average molecular weight is 326 g/mol. The highest BCUT2D eigenvalue weighted by Crippen LogP contribution is 2.11. The number of nitrogens with zero attached hydrogens (tertiary/aromatic N) is 1. The first-order valence-corrected chi connectivity index (χ1v) is 8.81. The summed E-state index contributed by atoms with van der Waals surface area (Å²) in [7, 11) is -3.56. The molecule has 1 aliphatic rings. The molecule has 0 saturated carbocycles. The van der Waals surface area contributed by atoms with Gasteiger partial charge in [0.2, 0.25) is 10.0 Å². The highest BCUT2D eigenvalue weighted by atomic mass is 32.2. The molecule has 6 nitrogen and oxygen atoms in total. The van der Waals surface area contributed by atoms with Gasteiger partial charge in [0.25, 0.3) is 0 Å². The average Bonchev–Trinajstić information content (AvgIpc) is 2.53. The van der Waals surface area contributed by atoms with E-state index >= 15 is 0 Å². The summed E-state index contributed by atoms with van der Waals surface area (Å²) >= 11 is 0. The van der Waals surface area contributed by atoms with Crippen molar-refractivity contribution < 1.29 is 17.9 Å². The van der Waals surface area contributed by atoms with Gasteiger partial charge in [-0.1, -0.05) is 12.1 Å². The van der Waals surface area contributed by atoms with Gasteiger partial charge in [0.05, 0.1) is 18.1 Å². The molecule has 122 valence electrons. The Kier molecular flexibility index (Phi) is 5.69. The van der Waals surface area contributed by atoms with E-state index in [0.717, 1.165) is 13.1 Å². The number of benzene rings is 1. The molecule has 2 rings (SSSR count). The normalized spacial score (nSPS) is 18.1. The van der Waals surface area contributed by atoms with Crippen LogP contribution in [0.3, 0.4) is 0 Å². The number of hydrogen-bond acceptors (Lipinski definition) is 5. The van der Waals surface area contributed by atoms with Crippen LogP contribution in [0.2, 0.25) is 0 Å². The zero-order chi connectivity index (χ0) is 16.2. The van der Waals surface area contributed by atoms with E-state index < -0.39 is 10.0 Å². The second-order valence-corrected chi connectivity index (χ2v) is 7.20. The number of carbonyl (C=O) groups excluding carboxylic acids is 1. The number of carbonyl (C=O) groups is 1. The quantitative estimate of drug-likeness (QED) is 0.786. The van der Waals surface area contributed by atoms with Gasteiger partial charge in [0, 0.05) is 31.2 Å². The van der Waals surface area contributed by atoms with Crippen LogP contribution in [0.15, 0.2) is 29.2 Å². The fourth-order valence-corrected chi connectivity index (χ4v) is 3.45. The largest absolute Gasteiger partial charge is 0.379 e. The van der Waals surface area contributed by atoms with Crippen molar-refractivity contribution in [3.8, 4) is 0 Å². The SMILES string of the molecule is CC(=O)c1ccc(S(=O)(=O)NCC(C)N2CCOCC2)cc1. The summed E-state index contributed by atoms with van der Waals surface area (Å²) < 4.78 is 32.4. The Labute approximate surface area is 131 Å². The number of ether oxygens (including phenoxy) is 1. The second kappa shape index (κ2) is 7.32. The fraction of sp³-hybridized carbons (Fsp3) is 0.533. The first-order valence-electron chi connectivity index (χ1n) is 7.32. The number of sulfonamides is 1. The third-order valence-electron chi connectivity index (χ3n) is 3.81. The van der Waals surface area contributed by atoms with Crippen LogP contribution in [0.1, 0.15) is 24.2 Å². The van der Waals surface area contributed by atoms with Crippen molar-refractivity contribution in [3.05, 3.63) is 29.8 Å². The Hall–Kier alpha value is -1.28. The summed E-state index contributed by atoms with van der Waals surface area (Å²) in [6.07, 6.45) is 0. The van der Waals surface area contributed by atoms with Crippen LogP contribution >= 0.6 is 0 Å². The molecule has 1 saturated heterocycles. The first-order chi connectivity index (χ1) is 10.4. The minimum absolute atomic E-state index is 0.0853. The van der Waals surface area contributed by atoms with Gasteiger partial charge in [-0.2, -0.15) is 0 Å². The Balaban J connectivity index is 1.96. The van der Waals surface area contributed by atoms with Gasteiger partial charge in [-0.15, -0.1) is 0 Å². The molecule has 1 N–H and O–H groups in total. The van der Waals surface area contributed by atoms with Gasteiger partial charge in [0.15, 0.2) is 5.78 Å². The third kappa shape index (κ3) is 4.36. The molecule has 0 bridgehead atoms. The smallest absolute Gasteiger partial charge is 0.240 e. The molecule has 1 heterocycles. The van der Waals surface area contributed by atoms with Crippen molar-refractivity contribution in [3.63, 3.8) is 0 Å². The van der Waals surface area contributed by atoms with Crippen LogP contribution in [0, 0.1) is 0 Å². The van der Waals surface area contributed by atoms with Gasteiger partial charge in [-0.25, -0.2) is 13.1 Å². The van der Waals surface area contributed by atoms with Crippen LogP contribution in [0.25, 0.3) is 0 Å². The number of Topliss-reactive ketones (excluding diaryl/α,β-unsaturated/α-hetero) is 1. The van der Waals surface area contributed by atoms with Crippen molar-refractivity contribution in [2.45, 2.75) is 24.8 Å². The zero-order valence-corrected chi connectivity index (χ0v) is 13.7. The minimum Gasteiger partial charge on any atom is -0.379 e. The molecular weight excluding hydrogens is 304 g/mol. The Morgan fingerprint density at radius 2 is 1.86 bits per heavy atom. The summed E-state index contributed by atoms with van der Waals surface area (Å²) in [5.74, 6) is -0.0853. The first kappa shape index (κ1) is 17.1. The number of ketones is 1. The predicted octanol–water partition coefficient (Wildman–Crippen LogP) is 0.888. The Morgan fingerprint density at radius 3 is 2.41 bits per heavy atom. The molecule has 1 atom stereocenters. The van der Waals surface area contributed by atoms with Gasteiger partial charge >= 0.3 is 0 Å². The lowest BCUT2D eigenvalue weighted by molar-refractivity contribution is 0.0213. The molecule has 1 fully saturated rings. The molecule has 1 aliphatic heterocycles. The molecule has 22 heavy (non-hydrogen) atoms. The number of morpholine rings is 1. The maximum absolute atomic E-state index is 12.3. The van der Waals surface area contributed by atoms with Crippen LogP contribution in [-0.4, -0.2) is 58.0 Å². The maximum atomic E-state index is 12.3. The molecule has 0 aliphatic carbocycles. The van der Waals surface area contributed by atoms with Crippen LogP contribution < -0.4 is 4.72 Å². The number of hydrogen-bond donors (Lipinski definition) is 1. The molecule has 1 aromatic rings. The fourth-order valence-electron chi connectivity index (χ4n) is 2.33. The summed E-state index contributed by atoms with van der Waals surface area (Å²) in [5.41, 5.74) is 0.501. The van der Waals surface area contributed by atoms with E-state index in [1.54, 1.807) is 0 Å². The third-order valence-corrected chi connectivity index (χ3v) is 5.25. The molecule has 1 unspecified atom stereocenters. The molecule has 0 amide bonds. The van der Waals surface area contributed by atoms with Crippen molar-refractivity contribution in [2.75, 3.05) is 32.8 Å². The van der Waals surface area contributed by atoms with Crippen molar-refractivity contribution in [1.29, 1.82) is 0 Å². The summed E-state index contributed by atoms with van der Waals surface area (Å²) in [5, 5.41) is 0. The molecule has 0 aromatic heterocycles. The summed E-state index contributed by atoms with van der Waals surface area (Å²) in [4.78, 5) is 13.6. The molecular formula is C15H22N2O4S. The predicted molar refractivity (Wildman–Crippen MR) is 83.5 cm³/mol. The van der Waals surface area contributed by atoms with E-state index in [0.29, 0.717) is 25.3 Å². The molecule has 1 aromatic carbocycles. The summed E-state index contributed by atoms with van der Waals surface area (Å²) in [6, 6.07) is 6.08. The summed E-state index contributed by atoms with van der Waals surface area (Å²) in [6.45, 7) is 6.79. The molecule has 0 spiro atoms. The molecule has 7 heteroatoms. The van der Waals surface area contributed by atoms with E-state index in [9.17, 15) is 13.2 Å². The highest BCUT2D eigenvalue weighted by Gasteiger charge is 2.20.